The average molecular weight is 271 g/mol. The number of aryl methyl sites for hydroxylation is 2. The summed E-state index contributed by atoms with van der Waals surface area (Å²) >= 11 is 0. The van der Waals surface area contributed by atoms with Crippen molar-refractivity contribution in [3.05, 3.63) is 28.8 Å². The number of methoxy groups -OCH3 is 1. The molecule has 0 spiro atoms. The lowest BCUT2D eigenvalue weighted by Crippen LogP contribution is -2.27. The van der Waals surface area contributed by atoms with Crippen LogP contribution in [0.25, 0.3) is 0 Å². The van der Waals surface area contributed by atoms with Gasteiger partial charge in [-0.3, -0.25) is 0 Å². The lowest BCUT2D eigenvalue weighted by molar-refractivity contribution is 0.409. The van der Waals surface area contributed by atoms with Crippen LogP contribution in [0, 0.1) is 13.8 Å². The van der Waals surface area contributed by atoms with Crippen LogP contribution >= 0.6 is 0 Å². The maximum atomic E-state index is 11.3. The third-order valence-corrected chi connectivity index (χ3v) is 4.40. The topological polar surface area (TPSA) is 55.4 Å². The molecule has 18 heavy (non-hydrogen) atoms. The van der Waals surface area contributed by atoms with Crippen molar-refractivity contribution in [2.45, 2.75) is 27.2 Å². The van der Waals surface area contributed by atoms with Crippen molar-refractivity contribution in [1.82, 2.24) is 4.72 Å². The highest BCUT2D eigenvalue weighted by atomic mass is 32.2. The number of rotatable bonds is 6. The van der Waals surface area contributed by atoms with Gasteiger partial charge in [-0.25, -0.2) is 13.1 Å². The van der Waals surface area contributed by atoms with Crippen molar-refractivity contribution < 1.29 is 13.2 Å². The summed E-state index contributed by atoms with van der Waals surface area (Å²) in [6.45, 7) is 6.09. The Balaban J connectivity index is 2.76. The molecule has 0 radical (unpaired) electrons. The van der Waals surface area contributed by atoms with E-state index in [-0.39, 0.29) is 5.75 Å². The minimum absolute atomic E-state index is 0.108. The molecule has 1 aromatic rings. The van der Waals surface area contributed by atoms with Gasteiger partial charge in [0.05, 0.1) is 12.9 Å². The first-order valence-corrected chi connectivity index (χ1v) is 7.66. The van der Waals surface area contributed by atoms with Crippen molar-refractivity contribution >= 4 is 10.0 Å². The Labute approximate surface area is 109 Å². The number of sulfonamides is 1. The Morgan fingerprint density at radius 3 is 2.39 bits per heavy atom. The predicted octanol–water partition coefficient (Wildman–Crippen LogP) is 1.79. The molecule has 0 bridgehead atoms. The van der Waals surface area contributed by atoms with Crippen LogP contribution in [0.4, 0.5) is 0 Å². The quantitative estimate of drug-likeness (QED) is 0.858. The maximum Gasteiger partial charge on any atom is 0.211 e. The highest BCUT2D eigenvalue weighted by molar-refractivity contribution is 7.89. The number of ether oxygens (including phenoxy) is 1. The summed E-state index contributed by atoms with van der Waals surface area (Å²) in [6.07, 6.45) is 0.628. The van der Waals surface area contributed by atoms with E-state index in [4.69, 9.17) is 4.74 Å². The zero-order valence-electron chi connectivity index (χ0n) is 11.4. The summed E-state index contributed by atoms with van der Waals surface area (Å²) in [4.78, 5) is 0. The first-order valence-electron chi connectivity index (χ1n) is 6.01. The van der Waals surface area contributed by atoms with Gasteiger partial charge in [-0.2, -0.15) is 0 Å². The van der Waals surface area contributed by atoms with Gasteiger partial charge in [0, 0.05) is 6.54 Å². The number of hydrogen-bond donors (Lipinski definition) is 1. The molecule has 0 saturated carbocycles. The summed E-state index contributed by atoms with van der Waals surface area (Å²) in [6, 6.07) is 4.04. The second-order valence-electron chi connectivity index (χ2n) is 4.30. The molecule has 0 fully saturated rings. The summed E-state index contributed by atoms with van der Waals surface area (Å²) in [5, 5.41) is 0. The number of benzene rings is 1. The molecule has 1 rings (SSSR count). The first-order chi connectivity index (χ1) is 8.39. The summed E-state index contributed by atoms with van der Waals surface area (Å²) in [5.74, 6) is 0.922. The smallest absolute Gasteiger partial charge is 0.211 e. The molecule has 0 aliphatic heterocycles. The first kappa shape index (κ1) is 15.0. The second kappa shape index (κ2) is 6.20. The Morgan fingerprint density at radius 2 is 1.83 bits per heavy atom. The van der Waals surface area contributed by atoms with Gasteiger partial charge in [-0.15, -0.1) is 0 Å². The van der Waals surface area contributed by atoms with E-state index < -0.39 is 10.0 Å². The van der Waals surface area contributed by atoms with Gasteiger partial charge in [0.1, 0.15) is 5.75 Å². The molecule has 0 atom stereocenters. The van der Waals surface area contributed by atoms with Crippen LogP contribution in [0.1, 0.15) is 23.6 Å². The molecule has 0 aliphatic carbocycles. The van der Waals surface area contributed by atoms with Crippen molar-refractivity contribution in [3.63, 3.8) is 0 Å². The van der Waals surface area contributed by atoms with Gasteiger partial charge >= 0.3 is 0 Å². The molecular weight excluding hydrogens is 250 g/mol. The highest BCUT2D eigenvalue weighted by Crippen LogP contribution is 2.23. The normalized spacial score (nSPS) is 11.6. The highest BCUT2D eigenvalue weighted by Gasteiger charge is 2.09. The monoisotopic (exact) mass is 271 g/mol. The fourth-order valence-electron chi connectivity index (χ4n) is 1.68. The molecular formula is C13H21NO3S. The van der Waals surface area contributed by atoms with Crippen molar-refractivity contribution in [2.75, 3.05) is 19.4 Å². The Kier molecular flexibility index (Phi) is 5.16. The van der Waals surface area contributed by atoms with E-state index in [2.05, 4.69) is 10.8 Å². The van der Waals surface area contributed by atoms with Gasteiger partial charge in [0.15, 0.2) is 0 Å². The minimum atomic E-state index is -3.12. The molecule has 0 amide bonds. The zero-order valence-corrected chi connectivity index (χ0v) is 12.2. The molecule has 0 aliphatic rings. The lowest BCUT2D eigenvalue weighted by atomic mass is 10.0. The molecule has 1 N–H and O–H groups in total. The van der Waals surface area contributed by atoms with E-state index in [1.807, 2.05) is 19.9 Å². The molecule has 0 saturated heterocycles. The Morgan fingerprint density at radius 1 is 1.22 bits per heavy atom. The average Bonchev–Trinajstić information content (AvgIpc) is 2.33. The van der Waals surface area contributed by atoms with Crippen LogP contribution in [0.5, 0.6) is 5.75 Å². The third-order valence-electron chi connectivity index (χ3n) is 2.99. The summed E-state index contributed by atoms with van der Waals surface area (Å²) < 4.78 is 30.5. The van der Waals surface area contributed by atoms with Crippen molar-refractivity contribution in [1.29, 1.82) is 0 Å². The molecule has 1 aromatic carbocycles. The number of hydrogen-bond acceptors (Lipinski definition) is 3. The maximum absolute atomic E-state index is 11.3. The summed E-state index contributed by atoms with van der Waals surface area (Å²) in [5.41, 5.74) is 3.38. The van der Waals surface area contributed by atoms with Gasteiger partial charge in [0.25, 0.3) is 0 Å². The van der Waals surface area contributed by atoms with Gasteiger partial charge < -0.3 is 4.74 Å². The van der Waals surface area contributed by atoms with Crippen LogP contribution in [-0.4, -0.2) is 27.8 Å². The van der Waals surface area contributed by atoms with Gasteiger partial charge in [0.2, 0.25) is 10.0 Å². The molecule has 0 aromatic heterocycles. The van der Waals surface area contributed by atoms with Crippen LogP contribution < -0.4 is 9.46 Å². The molecule has 5 heteroatoms. The minimum Gasteiger partial charge on any atom is -0.496 e. The lowest BCUT2D eigenvalue weighted by Gasteiger charge is -2.12. The Hall–Kier alpha value is -1.07. The molecule has 0 heterocycles. The molecule has 0 unspecified atom stereocenters. The molecule has 102 valence electrons. The van der Waals surface area contributed by atoms with E-state index in [1.54, 1.807) is 14.0 Å². The van der Waals surface area contributed by atoms with Crippen molar-refractivity contribution in [3.8, 4) is 5.75 Å². The van der Waals surface area contributed by atoms with Crippen LogP contribution in [0.15, 0.2) is 12.1 Å². The second-order valence-corrected chi connectivity index (χ2v) is 6.39. The fraction of sp³-hybridized carbons (Fsp3) is 0.538. The van der Waals surface area contributed by atoms with Crippen LogP contribution in [0.3, 0.4) is 0 Å². The van der Waals surface area contributed by atoms with Gasteiger partial charge in [-0.05, 0) is 49.9 Å². The van der Waals surface area contributed by atoms with E-state index in [1.165, 1.54) is 11.1 Å². The fourth-order valence-corrected chi connectivity index (χ4v) is 2.30. The zero-order chi connectivity index (χ0) is 13.8. The largest absolute Gasteiger partial charge is 0.496 e. The SMILES string of the molecule is CCS(=O)(=O)NCCc1cc(C)c(C)cc1OC. The third kappa shape index (κ3) is 3.99. The number of nitrogens with one attached hydrogen (secondary N) is 1. The van der Waals surface area contributed by atoms with E-state index in [9.17, 15) is 8.42 Å². The summed E-state index contributed by atoms with van der Waals surface area (Å²) in [7, 11) is -1.49. The predicted molar refractivity (Wildman–Crippen MR) is 73.6 cm³/mol. The van der Waals surface area contributed by atoms with E-state index in [0.717, 1.165) is 11.3 Å². The van der Waals surface area contributed by atoms with Crippen LogP contribution in [-0.2, 0) is 16.4 Å². The van der Waals surface area contributed by atoms with E-state index >= 15 is 0 Å². The van der Waals surface area contributed by atoms with Crippen LogP contribution in [0.2, 0.25) is 0 Å². The van der Waals surface area contributed by atoms with Crippen molar-refractivity contribution in [2.24, 2.45) is 0 Å². The molecule has 4 nitrogen and oxygen atoms in total. The standard InChI is InChI=1S/C13H21NO3S/c1-5-18(15,16)14-7-6-12-8-10(2)11(3)9-13(12)17-4/h8-9,14H,5-7H2,1-4H3. The Bertz CT molecular complexity index is 509. The van der Waals surface area contributed by atoms with Gasteiger partial charge in [-0.1, -0.05) is 6.07 Å². The van der Waals surface area contributed by atoms with E-state index in [0.29, 0.717) is 13.0 Å².